The largest absolute Gasteiger partial charge is 0.435 e. The summed E-state index contributed by atoms with van der Waals surface area (Å²) < 4.78 is 58.5. The molecule has 0 unspecified atom stereocenters. The molecule has 0 aliphatic carbocycles. The number of nitrogens with one attached hydrogen (secondary N) is 1. The van der Waals surface area contributed by atoms with Gasteiger partial charge in [0.2, 0.25) is 0 Å². The number of halogens is 4. The lowest BCUT2D eigenvalue weighted by molar-refractivity contribution is -0.140. The molecule has 0 aromatic carbocycles. The lowest BCUT2D eigenvalue weighted by Gasteiger charge is -2.27. The quantitative estimate of drug-likeness (QED) is 0.825. The van der Waals surface area contributed by atoms with Crippen LogP contribution in [-0.4, -0.2) is 47.2 Å². The minimum atomic E-state index is -4.80. The monoisotopic (exact) mass is 370 g/mol. The Labute approximate surface area is 145 Å². The van der Waals surface area contributed by atoms with E-state index in [0.717, 1.165) is 18.3 Å². The van der Waals surface area contributed by atoms with Gasteiger partial charge in [0.25, 0.3) is 0 Å². The molecular formula is C16H14F4N4O2. The van der Waals surface area contributed by atoms with E-state index in [2.05, 4.69) is 15.3 Å². The van der Waals surface area contributed by atoms with Gasteiger partial charge in [0.15, 0.2) is 5.69 Å². The summed E-state index contributed by atoms with van der Waals surface area (Å²) in [6, 6.07) is 2.72. The van der Waals surface area contributed by atoms with Gasteiger partial charge in [-0.3, -0.25) is 4.98 Å². The second-order valence-electron chi connectivity index (χ2n) is 5.51. The van der Waals surface area contributed by atoms with Crippen LogP contribution in [0.15, 0.2) is 30.6 Å². The maximum atomic E-state index is 13.4. The van der Waals surface area contributed by atoms with Gasteiger partial charge >= 0.3 is 12.2 Å². The Morgan fingerprint density at radius 3 is 2.58 bits per heavy atom. The van der Waals surface area contributed by atoms with Gasteiger partial charge < -0.3 is 15.0 Å². The molecule has 1 saturated heterocycles. The minimum absolute atomic E-state index is 0.0987. The Balaban J connectivity index is 1.91. The molecular weight excluding hydrogens is 356 g/mol. The SMILES string of the molecule is O=C(Nc1ccc(-c2cncc(F)c2)nc1C(F)(F)F)N1CCOCC1. The van der Waals surface area contributed by atoms with E-state index in [1.54, 1.807) is 0 Å². The molecule has 1 aliphatic rings. The Morgan fingerprint density at radius 1 is 1.19 bits per heavy atom. The molecule has 2 aromatic heterocycles. The normalized spacial score (nSPS) is 15.0. The number of hydrogen-bond donors (Lipinski definition) is 1. The Hall–Kier alpha value is -2.75. The van der Waals surface area contributed by atoms with Crippen LogP contribution in [0.4, 0.5) is 28.0 Å². The summed E-state index contributed by atoms with van der Waals surface area (Å²) in [5.41, 5.74) is -1.74. The first-order valence-corrected chi connectivity index (χ1v) is 7.67. The molecule has 6 nitrogen and oxygen atoms in total. The number of carbonyl (C=O) groups is 1. The number of rotatable bonds is 2. The number of pyridine rings is 2. The smallest absolute Gasteiger partial charge is 0.378 e. The summed E-state index contributed by atoms with van der Waals surface area (Å²) in [6.45, 7) is 1.22. The van der Waals surface area contributed by atoms with E-state index in [1.807, 2.05) is 0 Å². The van der Waals surface area contributed by atoms with Crippen molar-refractivity contribution in [1.82, 2.24) is 14.9 Å². The van der Waals surface area contributed by atoms with Crippen molar-refractivity contribution in [2.45, 2.75) is 6.18 Å². The van der Waals surface area contributed by atoms with Crippen LogP contribution in [0.2, 0.25) is 0 Å². The van der Waals surface area contributed by atoms with Gasteiger partial charge in [-0.25, -0.2) is 14.2 Å². The van der Waals surface area contributed by atoms with Gasteiger partial charge in [-0.15, -0.1) is 0 Å². The molecule has 1 aliphatic heterocycles. The third-order valence-corrected chi connectivity index (χ3v) is 3.70. The molecule has 0 spiro atoms. The van der Waals surface area contributed by atoms with Crippen LogP contribution in [0.3, 0.4) is 0 Å². The first-order valence-electron chi connectivity index (χ1n) is 7.67. The third-order valence-electron chi connectivity index (χ3n) is 3.70. The Kier molecular flexibility index (Phi) is 5.03. The molecule has 0 radical (unpaired) electrons. The van der Waals surface area contributed by atoms with Crippen molar-refractivity contribution in [3.8, 4) is 11.3 Å². The lowest BCUT2D eigenvalue weighted by atomic mass is 10.1. The van der Waals surface area contributed by atoms with Crippen molar-refractivity contribution in [2.75, 3.05) is 31.6 Å². The second-order valence-corrected chi connectivity index (χ2v) is 5.51. The van der Waals surface area contributed by atoms with Crippen molar-refractivity contribution in [3.05, 3.63) is 42.1 Å². The summed E-state index contributed by atoms with van der Waals surface area (Å²) in [7, 11) is 0. The van der Waals surface area contributed by atoms with Crippen LogP contribution in [0, 0.1) is 5.82 Å². The lowest BCUT2D eigenvalue weighted by Crippen LogP contribution is -2.43. The highest BCUT2D eigenvalue weighted by Crippen LogP contribution is 2.35. The molecule has 0 bridgehead atoms. The van der Waals surface area contributed by atoms with E-state index in [-0.39, 0.29) is 24.3 Å². The topological polar surface area (TPSA) is 67.4 Å². The summed E-state index contributed by atoms with van der Waals surface area (Å²) in [5, 5.41) is 2.24. The van der Waals surface area contributed by atoms with Gasteiger partial charge in [0, 0.05) is 24.8 Å². The van der Waals surface area contributed by atoms with Crippen molar-refractivity contribution >= 4 is 11.7 Å². The highest BCUT2D eigenvalue weighted by atomic mass is 19.4. The maximum absolute atomic E-state index is 13.4. The third kappa shape index (κ3) is 4.07. The number of anilines is 1. The number of alkyl halides is 3. The molecule has 138 valence electrons. The number of amides is 2. The number of nitrogens with zero attached hydrogens (tertiary/aromatic N) is 3. The van der Waals surface area contributed by atoms with Gasteiger partial charge in [0.1, 0.15) is 5.82 Å². The molecule has 3 heterocycles. The zero-order valence-electron chi connectivity index (χ0n) is 13.4. The van der Waals surface area contributed by atoms with Gasteiger partial charge in [-0.1, -0.05) is 0 Å². The van der Waals surface area contributed by atoms with Gasteiger partial charge in [-0.05, 0) is 18.2 Å². The Morgan fingerprint density at radius 2 is 1.92 bits per heavy atom. The second kappa shape index (κ2) is 7.24. The van der Waals surface area contributed by atoms with E-state index in [9.17, 15) is 22.4 Å². The zero-order chi connectivity index (χ0) is 18.7. The summed E-state index contributed by atoms with van der Waals surface area (Å²) >= 11 is 0. The van der Waals surface area contributed by atoms with Crippen molar-refractivity contribution in [2.24, 2.45) is 0 Å². The summed E-state index contributed by atoms with van der Waals surface area (Å²) in [6.07, 6.45) is -2.66. The number of morpholine rings is 1. The molecule has 2 amide bonds. The molecule has 10 heteroatoms. The van der Waals surface area contributed by atoms with Crippen molar-refractivity contribution in [1.29, 1.82) is 0 Å². The fraction of sp³-hybridized carbons (Fsp3) is 0.312. The van der Waals surface area contributed by atoms with Gasteiger partial charge in [0.05, 0.1) is 30.8 Å². The van der Waals surface area contributed by atoms with Crippen LogP contribution in [0.5, 0.6) is 0 Å². The van der Waals surface area contributed by atoms with Crippen molar-refractivity contribution < 1.29 is 27.1 Å². The highest BCUT2D eigenvalue weighted by molar-refractivity contribution is 5.90. The standard InChI is InChI=1S/C16H14F4N4O2/c17-11-7-10(8-21-9-11)12-1-2-13(14(22-12)16(18,19)20)23-15(25)24-3-5-26-6-4-24/h1-2,7-9H,3-6H2,(H,23,25). The fourth-order valence-electron chi connectivity index (χ4n) is 2.45. The predicted octanol–water partition coefficient (Wildman–Crippen LogP) is 3.17. The number of aromatic nitrogens is 2. The van der Waals surface area contributed by atoms with Crippen LogP contribution in [-0.2, 0) is 10.9 Å². The van der Waals surface area contributed by atoms with E-state index in [1.165, 1.54) is 17.2 Å². The average Bonchev–Trinajstić information content (AvgIpc) is 2.62. The van der Waals surface area contributed by atoms with Crippen LogP contribution < -0.4 is 5.32 Å². The van der Waals surface area contributed by atoms with Crippen LogP contribution in [0.25, 0.3) is 11.3 Å². The highest BCUT2D eigenvalue weighted by Gasteiger charge is 2.37. The zero-order valence-corrected chi connectivity index (χ0v) is 13.4. The number of ether oxygens (including phenoxy) is 1. The summed E-state index contributed by atoms with van der Waals surface area (Å²) in [5.74, 6) is -0.692. The molecule has 3 rings (SSSR count). The fourth-order valence-corrected chi connectivity index (χ4v) is 2.45. The summed E-state index contributed by atoms with van der Waals surface area (Å²) in [4.78, 5) is 20.7. The van der Waals surface area contributed by atoms with E-state index < -0.39 is 29.4 Å². The molecule has 0 atom stereocenters. The average molecular weight is 370 g/mol. The molecule has 1 N–H and O–H groups in total. The maximum Gasteiger partial charge on any atom is 0.435 e. The molecule has 0 saturated carbocycles. The van der Waals surface area contributed by atoms with Crippen molar-refractivity contribution in [3.63, 3.8) is 0 Å². The molecule has 26 heavy (non-hydrogen) atoms. The first kappa shape index (κ1) is 18.1. The van der Waals surface area contributed by atoms with E-state index in [4.69, 9.17) is 4.74 Å². The first-order chi connectivity index (χ1) is 12.3. The van der Waals surface area contributed by atoms with E-state index >= 15 is 0 Å². The molecule has 1 fully saturated rings. The van der Waals surface area contributed by atoms with E-state index in [0.29, 0.717) is 13.2 Å². The minimum Gasteiger partial charge on any atom is -0.378 e. The number of urea groups is 1. The number of hydrogen-bond acceptors (Lipinski definition) is 4. The van der Waals surface area contributed by atoms with Gasteiger partial charge in [-0.2, -0.15) is 13.2 Å². The Bertz CT molecular complexity index is 807. The predicted molar refractivity (Wildman–Crippen MR) is 83.8 cm³/mol. The van der Waals surface area contributed by atoms with Crippen LogP contribution >= 0.6 is 0 Å². The van der Waals surface area contributed by atoms with Crippen LogP contribution in [0.1, 0.15) is 5.69 Å². The molecule has 2 aromatic rings. The number of carbonyl (C=O) groups excluding carboxylic acids is 1.